The van der Waals surface area contributed by atoms with Crippen LogP contribution in [-0.4, -0.2) is 5.92 Å². The first kappa shape index (κ1) is 8.30. The molecule has 1 aliphatic carbocycles. The summed E-state index contributed by atoms with van der Waals surface area (Å²) >= 11 is 0. The molecule has 0 aromatic carbocycles. The third kappa shape index (κ3) is 1.29. The summed E-state index contributed by atoms with van der Waals surface area (Å²) in [6, 6.07) is 0. The maximum Gasteiger partial charge on any atom is 0.250 e. The minimum atomic E-state index is -2.54. The molecule has 1 aliphatic rings. The quantitative estimate of drug-likeness (QED) is 0.608. The SMILES string of the molecule is CC1(/C(N)=C/N)CC(F)(F)C1. The van der Waals surface area contributed by atoms with Crippen molar-refractivity contribution >= 4 is 0 Å². The van der Waals surface area contributed by atoms with E-state index in [2.05, 4.69) is 0 Å². The van der Waals surface area contributed by atoms with E-state index in [0.717, 1.165) is 0 Å². The molecule has 0 radical (unpaired) electrons. The first-order chi connectivity index (χ1) is 4.90. The van der Waals surface area contributed by atoms with Crippen LogP contribution < -0.4 is 11.5 Å². The molecule has 1 fully saturated rings. The van der Waals surface area contributed by atoms with Gasteiger partial charge in [-0.15, -0.1) is 0 Å². The Morgan fingerprint density at radius 3 is 2.18 bits per heavy atom. The second-order valence-corrected chi connectivity index (χ2v) is 3.39. The van der Waals surface area contributed by atoms with Crippen molar-refractivity contribution in [2.45, 2.75) is 25.7 Å². The first-order valence-electron chi connectivity index (χ1n) is 3.45. The van der Waals surface area contributed by atoms with Gasteiger partial charge in [0.05, 0.1) is 0 Å². The topological polar surface area (TPSA) is 52.0 Å². The summed E-state index contributed by atoms with van der Waals surface area (Å²) in [4.78, 5) is 0. The van der Waals surface area contributed by atoms with Crippen molar-refractivity contribution in [2.75, 3.05) is 0 Å². The van der Waals surface area contributed by atoms with Crippen molar-refractivity contribution in [1.82, 2.24) is 0 Å². The second kappa shape index (κ2) is 2.09. The van der Waals surface area contributed by atoms with Gasteiger partial charge in [-0.3, -0.25) is 0 Å². The van der Waals surface area contributed by atoms with Crippen LogP contribution in [0.3, 0.4) is 0 Å². The van der Waals surface area contributed by atoms with Gasteiger partial charge in [0, 0.05) is 30.2 Å². The van der Waals surface area contributed by atoms with Crippen LogP contribution in [-0.2, 0) is 0 Å². The average molecular weight is 162 g/mol. The molecule has 1 saturated carbocycles. The third-order valence-corrected chi connectivity index (χ3v) is 2.17. The number of halogens is 2. The zero-order valence-corrected chi connectivity index (χ0v) is 6.40. The lowest BCUT2D eigenvalue weighted by molar-refractivity contribution is -0.139. The molecule has 0 aromatic rings. The minimum Gasteiger partial charge on any atom is -0.403 e. The molecule has 0 saturated heterocycles. The Bertz CT molecular complexity index is 191. The van der Waals surface area contributed by atoms with Crippen molar-refractivity contribution in [3.63, 3.8) is 0 Å². The summed E-state index contributed by atoms with van der Waals surface area (Å²) in [7, 11) is 0. The monoisotopic (exact) mass is 162 g/mol. The summed E-state index contributed by atoms with van der Waals surface area (Å²) in [5, 5.41) is 0. The van der Waals surface area contributed by atoms with Crippen molar-refractivity contribution in [3.05, 3.63) is 11.9 Å². The number of allylic oxidation sites excluding steroid dienone is 1. The Morgan fingerprint density at radius 1 is 1.45 bits per heavy atom. The summed E-state index contributed by atoms with van der Waals surface area (Å²) in [6.45, 7) is 1.70. The van der Waals surface area contributed by atoms with Gasteiger partial charge in [-0.25, -0.2) is 8.78 Å². The fourth-order valence-corrected chi connectivity index (χ4v) is 1.50. The van der Waals surface area contributed by atoms with Gasteiger partial charge in [0.25, 0.3) is 0 Å². The summed E-state index contributed by atoms with van der Waals surface area (Å²) in [5.41, 5.74) is 10.4. The maximum absolute atomic E-state index is 12.4. The normalized spacial score (nSPS) is 27.7. The lowest BCUT2D eigenvalue weighted by atomic mass is 9.66. The average Bonchev–Trinajstić information content (AvgIpc) is 1.81. The molecule has 0 amide bonds. The molecule has 0 atom stereocenters. The zero-order chi connectivity index (χ0) is 8.70. The molecule has 11 heavy (non-hydrogen) atoms. The van der Waals surface area contributed by atoms with Crippen LogP contribution in [0, 0.1) is 5.41 Å². The number of hydrogen-bond donors (Lipinski definition) is 2. The van der Waals surface area contributed by atoms with Crippen LogP contribution in [0.4, 0.5) is 8.78 Å². The summed E-state index contributed by atoms with van der Waals surface area (Å²) < 4.78 is 24.8. The highest BCUT2D eigenvalue weighted by atomic mass is 19.3. The van der Waals surface area contributed by atoms with Gasteiger partial charge in [-0.1, -0.05) is 6.92 Å². The van der Waals surface area contributed by atoms with Crippen LogP contribution in [0.15, 0.2) is 11.9 Å². The predicted molar refractivity (Wildman–Crippen MR) is 38.7 cm³/mol. The standard InChI is InChI=1S/C7H12F2N2/c1-6(5(11)2-10)3-7(8,9)4-6/h2H,3-4,10-11H2,1H3/b5-2-. The molecule has 0 aliphatic heterocycles. The van der Waals surface area contributed by atoms with Gasteiger partial charge in [-0.2, -0.15) is 0 Å². The molecule has 0 spiro atoms. The largest absolute Gasteiger partial charge is 0.403 e. The Balaban J connectivity index is 2.63. The summed E-state index contributed by atoms with van der Waals surface area (Å²) in [6.07, 6.45) is 0.842. The molecule has 0 unspecified atom stereocenters. The molecule has 2 nitrogen and oxygen atoms in total. The van der Waals surface area contributed by atoms with Gasteiger partial charge >= 0.3 is 0 Å². The molecule has 4 N–H and O–H groups in total. The fraction of sp³-hybridized carbons (Fsp3) is 0.714. The molecule has 4 heteroatoms. The summed E-state index contributed by atoms with van der Waals surface area (Å²) in [5.74, 6) is -2.54. The van der Waals surface area contributed by atoms with Crippen LogP contribution in [0.5, 0.6) is 0 Å². The Hall–Kier alpha value is -0.800. The molecule has 64 valence electrons. The van der Waals surface area contributed by atoms with Crippen LogP contribution >= 0.6 is 0 Å². The van der Waals surface area contributed by atoms with Crippen LogP contribution in [0.1, 0.15) is 19.8 Å². The van der Waals surface area contributed by atoms with Crippen molar-refractivity contribution in [1.29, 1.82) is 0 Å². The number of alkyl halides is 2. The molecule has 0 bridgehead atoms. The Kier molecular flexibility index (Phi) is 1.58. The van der Waals surface area contributed by atoms with Gasteiger partial charge < -0.3 is 11.5 Å². The van der Waals surface area contributed by atoms with Gasteiger partial charge in [0.15, 0.2) is 0 Å². The second-order valence-electron chi connectivity index (χ2n) is 3.39. The van der Waals surface area contributed by atoms with E-state index in [9.17, 15) is 8.78 Å². The number of rotatable bonds is 1. The number of hydrogen-bond acceptors (Lipinski definition) is 2. The highest BCUT2D eigenvalue weighted by Crippen LogP contribution is 2.54. The van der Waals surface area contributed by atoms with E-state index in [0.29, 0.717) is 5.70 Å². The highest BCUT2D eigenvalue weighted by Gasteiger charge is 2.54. The molecule has 0 aromatic heterocycles. The first-order valence-corrected chi connectivity index (χ1v) is 3.45. The van der Waals surface area contributed by atoms with Crippen molar-refractivity contribution in [3.8, 4) is 0 Å². The minimum absolute atomic E-state index is 0.181. The van der Waals surface area contributed by atoms with Crippen molar-refractivity contribution < 1.29 is 8.78 Å². The van der Waals surface area contributed by atoms with Gasteiger partial charge in [-0.05, 0) is 0 Å². The lowest BCUT2D eigenvalue weighted by Gasteiger charge is -2.44. The van der Waals surface area contributed by atoms with E-state index in [1.54, 1.807) is 6.92 Å². The van der Waals surface area contributed by atoms with E-state index in [-0.39, 0.29) is 12.8 Å². The Morgan fingerprint density at radius 2 is 1.91 bits per heavy atom. The van der Waals surface area contributed by atoms with E-state index >= 15 is 0 Å². The molecular formula is C7H12F2N2. The highest BCUT2D eigenvalue weighted by molar-refractivity contribution is 5.16. The zero-order valence-electron chi connectivity index (χ0n) is 6.40. The molecule has 0 heterocycles. The molecular weight excluding hydrogens is 150 g/mol. The third-order valence-electron chi connectivity index (χ3n) is 2.17. The fourth-order valence-electron chi connectivity index (χ4n) is 1.50. The van der Waals surface area contributed by atoms with Crippen molar-refractivity contribution in [2.24, 2.45) is 16.9 Å². The molecule has 1 rings (SSSR count). The van der Waals surface area contributed by atoms with E-state index in [1.807, 2.05) is 0 Å². The lowest BCUT2D eigenvalue weighted by Crippen LogP contribution is -2.47. The smallest absolute Gasteiger partial charge is 0.250 e. The maximum atomic E-state index is 12.4. The van der Waals surface area contributed by atoms with Gasteiger partial charge in [0.2, 0.25) is 5.92 Å². The van der Waals surface area contributed by atoms with Crippen LogP contribution in [0.25, 0.3) is 0 Å². The Labute approximate surface area is 64.2 Å². The van der Waals surface area contributed by atoms with Crippen LogP contribution in [0.2, 0.25) is 0 Å². The predicted octanol–water partition coefficient (Wildman–Crippen LogP) is 1.18. The van der Waals surface area contributed by atoms with E-state index in [1.165, 1.54) is 6.20 Å². The van der Waals surface area contributed by atoms with Gasteiger partial charge in [0.1, 0.15) is 0 Å². The number of nitrogens with two attached hydrogens (primary N) is 2. The van der Waals surface area contributed by atoms with E-state index < -0.39 is 11.3 Å². The van der Waals surface area contributed by atoms with E-state index in [4.69, 9.17) is 11.5 Å².